The minimum Gasteiger partial charge on any atom is -0.465 e. The van der Waals surface area contributed by atoms with Crippen molar-refractivity contribution >= 4 is 29.1 Å². The minimum absolute atomic E-state index is 0.104. The maximum Gasteiger partial charge on any atom is 0.266 e. The summed E-state index contributed by atoms with van der Waals surface area (Å²) >= 11 is 1.57. The molecule has 3 aromatic heterocycles. The highest BCUT2D eigenvalue weighted by atomic mass is 32.1. The Balaban J connectivity index is 1.40. The Labute approximate surface area is 162 Å². The molecule has 1 saturated heterocycles. The van der Waals surface area contributed by atoms with Crippen molar-refractivity contribution in [3.05, 3.63) is 76.5 Å². The van der Waals surface area contributed by atoms with E-state index in [1.165, 1.54) is 11.3 Å². The third-order valence-corrected chi connectivity index (χ3v) is 5.80. The SMILES string of the molecule is O=C(Nc1ccccn1)c1ccc([C@@H]2CCCN2C/C=C/c2ccco2)s1. The minimum atomic E-state index is -0.104. The normalized spacial score (nSPS) is 17.6. The maximum atomic E-state index is 12.5. The lowest BCUT2D eigenvalue weighted by molar-refractivity contribution is 0.103. The molecule has 0 aliphatic carbocycles. The Morgan fingerprint density at radius 1 is 1.30 bits per heavy atom. The van der Waals surface area contributed by atoms with E-state index in [0.717, 1.165) is 25.3 Å². The molecule has 138 valence electrons. The number of rotatable bonds is 6. The number of carbonyl (C=O) groups is 1. The molecule has 0 bridgehead atoms. The molecule has 0 saturated carbocycles. The number of carbonyl (C=O) groups excluding carboxylic acids is 1. The predicted molar refractivity (Wildman–Crippen MR) is 108 cm³/mol. The van der Waals surface area contributed by atoms with Gasteiger partial charge in [-0.25, -0.2) is 4.98 Å². The van der Waals surface area contributed by atoms with E-state index < -0.39 is 0 Å². The van der Waals surface area contributed by atoms with E-state index in [1.807, 2.05) is 36.4 Å². The summed E-state index contributed by atoms with van der Waals surface area (Å²) in [5.74, 6) is 1.34. The Morgan fingerprint density at radius 3 is 3.07 bits per heavy atom. The molecule has 27 heavy (non-hydrogen) atoms. The van der Waals surface area contributed by atoms with Gasteiger partial charge in [-0.2, -0.15) is 0 Å². The number of hydrogen-bond donors (Lipinski definition) is 1. The Morgan fingerprint density at radius 2 is 2.26 bits per heavy atom. The summed E-state index contributed by atoms with van der Waals surface area (Å²) in [6, 6.07) is 13.7. The maximum absolute atomic E-state index is 12.5. The van der Waals surface area contributed by atoms with E-state index in [0.29, 0.717) is 16.7 Å². The monoisotopic (exact) mass is 379 g/mol. The first-order chi connectivity index (χ1) is 13.3. The molecule has 1 aliphatic rings. The molecule has 0 aromatic carbocycles. The smallest absolute Gasteiger partial charge is 0.266 e. The third-order valence-electron chi connectivity index (χ3n) is 4.61. The molecule has 1 N–H and O–H groups in total. The van der Waals surface area contributed by atoms with E-state index in [9.17, 15) is 4.79 Å². The molecule has 1 atom stereocenters. The number of hydrogen-bond acceptors (Lipinski definition) is 5. The van der Waals surface area contributed by atoms with Crippen LogP contribution in [-0.2, 0) is 0 Å². The Kier molecular flexibility index (Phi) is 5.46. The molecule has 1 amide bonds. The standard InChI is InChI=1S/C21H21N3O2S/c25-21(23-20-9-1-2-12-22-20)19-11-10-18(27-19)17-8-4-14-24(17)13-3-6-16-7-5-15-26-16/h1-3,5-7,9-12,15,17H,4,8,13-14H2,(H,22,23,25)/b6-3+/t17-/m0/s1. The van der Waals surface area contributed by atoms with Crippen LogP contribution in [0.1, 0.15) is 39.2 Å². The number of likely N-dealkylation sites (tertiary alicyclic amines) is 1. The average molecular weight is 379 g/mol. The van der Waals surface area contributed by atoms with Gasteiger partial charge in [0, 0.05) is 23.7 Å². The summed E-state index contributed by atoms with van der Waals surface area (Å²) in [4.78, 5) is 21.0. The van der Waals surface area contributed by atoms with E-state index in [1.54, 1.807) is 29.9 Å². The number of thiophene rings is 1. The molecule has 3 aromatic rings. The van der Waals surface area contributed by atoms with Gasteiger partial charge in [-0.15, -0.1) is 11.3 Å². The molecule has 0 radical (unpaired) electrons. The van der Waals surface area contributed by atoms with Gasteiger partial charge in [0.05, 0.1) is 11.1 Å². The topological polar surface area (TPSA) is 58.4 Å². The van der Waals surface area contributed by atoms with Gasteiger partial charge in [0.25, 0.3) is 5.91 Å². The molecule has 1 aliphatic heterocycles. The van der Waals surface area contributed by atoms with Crippen molar-refractivity contribution in [2.75, 3.05) is 18.4 Å². The summed E-state index contributed by atoms with van der Waals surface area (Å²) in [5.41, 5.74) is 0. The number of aromatic nitrogens is 1. The number of amides is 1. The first kappa shape index (κ1) is 17.7. The second kappa shape index (κ2) is 8.33. The van der Waals surface area contributed by atoms with Crippen LogP contribution in [0.3, 0.4) is 0 Å². The van der Waals surface area contributed by atoms with E-state index in [2.05, 4.69) is 27.3 Å². The largest absolute Gasteiger partial charge is 0.465 e. The lowest BCUT2D eigenvalue weighted by Crippen LogP contribution is -2.22. The highest BCUT2D eigenvalue weighted by molar-refractivity contribution is 7.14. The predicted octanol–water partition coefficient (Wildman–Crippen LogP) is 4.84. The number of anilines is 1. The van der Waals surface area contributed by atoms with Gasteiger partial charge in [0.1, 0.15) is 11.6 Å². The van der Waals surface area contributed by atoms with Crippen molar-refractivity contribution < 1.29 is 9.21 Å². The van der Waals surface area contributed by atoms with Crippen LogP contribution in [0.25, 0.3) is 6.08 Å². The van der Waals surface area contributed by atoms with Crippen molar-refractivity contribution in [3.8, 4) is 0 Å². The zero-order chi connectivity index (χ0) is 18.5. The lowest BCUT2D eigenvalue weighted by atomic mass is 10.2. The summed E-state index contributed by atoms with van der Waals surface area (Å²) in [6.07, 6.45) is 9.79. The zero-order valence-electron chi connectivity index (χ0n) is 14.9. The van der Waals surface area contributed by atoms with Crippen LogP contribution in [0.4, 0.5) is 5.82 Å². The van der Waals surface area contributed by atoms with Gasteiger partial charge in [0.2, 0.25) is 0 Å². The van der Waals surface area contributed by atoms with Crippen molar-refractivity contribution in [2.45, 2.75) is 18.9 Å². The fourth-order valence-corrected chi connectivity index (χ4v) is 4.40. The van der Waals surface area contributed by atoms with Crippen LogP contribution in [0.5, 0.6) is 0 Å². The average Bonchev–Trinajstić information content (AvgIpc) is 3.44. The van der Waals surface area contributed by atoms with Crippen LogP contribution in [0.2, 0.25) is 0 Å². The third kappa shape index (κ3) is 4.35. The van der Waals surface area contributed by atoms with Gasteiger partial charge in [-0.05, 0) is 61.9 Å². The number of nitrogens with zero attached hydrogens (tertiary/aromatic N) is 2. The molecule has 6 heteroatoms. The first-order valence-corrected chi connectivity index (χ1v) is 9.87. The second-order valence-corrected chi connectivity index (χ2v) is 7.56. The molecule has 0 unspecified atom stereocenters. The van der Waals surface area contributed by atoms with Crippen LogP contribution >= 0.6 is 11.3 Å². The number of nitrogens with one attached hydrogen (secondary N) is 1. The van der Waals surface area contributed by atoms with Gasteiger partial charge in [-0.1, -0.05) is 12.1 Å². The quantitative estimate of drug-likeness (QED) is 0.666. The van der Waals surface area contributed by atoms with Crippen molar-refractivity contribution in [1.29, 1.82) is 0 Å². The molecule has 0 spiro atoms. The van der Waals surface area contributed by atoms with Gasteiger partial charge >= 0.3 is 0 Å². The number of pyridine rings is 1. The summed E-state index contributed by atoms with van der Waals surface area (Å²) < 4.78 is 5.34. The highest BCUT2D eigenvalue weighted by Gasteiger charge is 2.27. The van der Waals surface area contributed by atoms with E-state index in [4.69, 9.17) is 4.42 Å². The van der Waals surface area contributed by atoms with Crippen molar-refractivity contribution in [2.24, 2.45) is 0 Å². The first-order valence-electron chi connectivity index (χ1n) is 9.06. The Hall–Kier alpha value is -2.70. The number of furan rings is 1. The fraction of sp³-hybridized carbons (Fsp3) is 0.238. The van der Waals surface area contributed by atoms with E-state index >= 15 is 0 Å². The lowest BCUT2D eigenvalue weighted by Gasteiger charge is -2.21. The van der Waals surface area contributed by atoms with Gasteiger partial charge in [0.15, 0.2) is 0 Å². The van der Waals surface area contributed by atoms with E-state index in [-0.39, 0.29) is 5.91 Å². The van der Waals surface area contributed by atoms with Crippen LogP contribution < -0.4 is 5.32 Å². The molecule has 4 heterocycles. The molecular weight excluding hydrogens is 358 g/mol. The van der Waals surface area contributed by atoms with Crippen LogP contribution in [-0.4, -0.2) is 28.9 Å². The van der Waals surface area contributed by atoms with Crippen LogP contribution in [0.15, 0.2) is 65.4 Å². The molecular formula is C21H21N3O2S. The summed E-state index contributed by atoms with van der Waals surface area (Å²) in [5, 5.41) is 2.85. The van der Waals surface area contributed by atoms with Crippen LogP contribution in [0, 0.1) is 0 Å². The summed E-state index contributed by atoms with van der Waals surface area (Å²) in [7, 11) is 0. The molecule has 1 fully saturated rings. The van der Waals surface area contributed by atoms with Gasteiger partial charge < -0.3 is 9.73 Å². The summed E-state index contributed by atoms with van der Waals surface area (Å²) in [6.45, 7) is 1.94. The van der Waals surface area contributed by atoms with Crippen molar-refractivity contribution in [1.82, 2.24) is 9.88 Å². The van der Waals surface area contributed by atoms with Crippen molar-refractivity contribution in [3.63, 3.8) is 0 Å². The fourth-order valence-electron chi connectivity index (χ4n) is 3.33. The van der Waals surface area contributed by atoms with Gasteiger partial charge in [-0.3, -0.25) is 9.69 Å². The highest BCUT2D eigenvalue weighted by Crippen LogP contribution is 2.36. The Bertz CT molecular complexity index is 903. The zero-order valence-corrected chi connectivity index (χ0v) is 15.7. The second-order valence-electron chi connectivity index (χ2n) is 6.44. The molecule has 5 nitrogen and oxygen atoms in total. The molecule has 4 rings (SSSR count).